The molecule has 1 aliphatic rings. The van der Waals surface area contributed by atoms with Crippen LogP contribution in [0.5, 0.6) is 0 Å². The van der Waals surface area contributed by atoms with E-state index in [0.717, 1.165) is 25.9 Å². The topological polar surface area (TPSA) is 73.5 Å². The summed E-state index contributed by atoms with van der Waals surface area (Å²) in [4.78, 5) is 27.4. The maximum atomic E-state index is 13.1. The Labute approximate surface area is 204 Å². The number of rotatable bonds is 6. The molecule has 3 N–H and O–H groups in total. The Balaban J connectivity index is 1.85. The van der Waals surface area contributed by atoms with E-state index in [1.165, 1.54) is 12.1 Å². The molecule has 36 heavy (non-hydrogen) atoms. The number of carbonyl (C=O) groups excluding carboxylic acids is 2. The molecule has 1 fully saturated rings. The summed E-state index contributed by atoms with van der Waals surface area (Å²) in [5, 5.41) is 7.25. The molecule has 1 saturated heterocycles. The first kappa shape index (κ1) is 27.2. The van der Waals surface area contributed by atoms with Crippen LogP contribution in [0.15, 0.2) is 36.4 Å². The molecular weight excluding hydrogens is 490 g/mol. The van der Waals surface area contributed by atoms with Crippen molar-refractivity contribution in [2.45, 2.75) is 51.5 Å². The van der Waals surface area contributed by atoms with Crippen LogP contribution in [0.25, 0.3) is 0 Å². The molecule has 0 aliphatic carbocycles. The minimum absolute atomic E-state index is 0.0254. The van der Waals surface area contributed by atoms with Gasteiger partial charge in [-0.3, -0.25) is 4.79 Å². The van der Waals surface area contributed by atoms with Crippen LogP contribution in [-0.2, 0) is 12.4 Å². The molecule has 12 heteroatoms. The van der Waals surface area contributed by atoms with Gasteiger partial charge in [-0.25, -0.2) is 4.79 Å². The van der Waals surface area contributed by atoms with Crippen molar-refractivity contribution < 1.29 is 35.9 Å². The maximum absolute atomic E-state index is 13.1. The Morgan fingerprint density at radius 3 is 1.97 bits per heavy atom. The van der Waals surface area contributed by atoms with E-state index in [1.807, 2.05) is 24.1 Å². The van der Waals surface area contributed by atoms with E-state index in [-0.39, 0.29) is 23.7 Å². The predicted molar refractivity (Wildman–Crippen MR) is 124 cm³/mol. The molecule has 0 radical (unpaired) electrons. The second-order valence-electron chi connectivity index (χ2n) is 8.58. The van der Waals surface area contributed by atoms with Crippen molar-refractivity contribution in [3.8, 4) is 0 Å². The SMILES string of the molecule is CCC(C)NC(=O)c1cc(NC(=O)Nc2cc(C(F)(F)F)cc(C(F)(F)F)c2)ccc1N1CCCC1. The van der Waals surface area contributed by atoms with Crippen molar-refractivity contribution in [1.29, 1.82) is 0 Å². The molecule has 1 atom stereocenters. The molecule has 196 valence electrons. The van der Waals surface area contributed by atoms with Crippen molar-refractivity contribution in [3.63, 3.8) is 0 Å². The predicted octanol–water partition coefficient (Wildman–Crippen LogP) is 6.50. The van der Waals surface area contributed by atoms with E-state index in [2.05, 4.69) is 10.6 Å². The third-order valence-corrected chi connectivity index (χ3v) is 5.78. The Bertz CT molecular complexity index is 1080. The summed E-state index contributed by atoms with van der Waals surface area (Å²) in [6.07, 6.45) is -7.46. The third-order valence-electron chi connectivity index (χ3n) is 5.78. The fraction of sp³-hybridized carbons (Fsp3) is 0.417. The fourth-order valence-corrected chi connectivity index (χ4v) is 3.75. The Hall–Kier alpha value is -3.44. The van der Waals surface area contributed by atoms with Crippen LogP contribution in [0.3, 0.4) is 0 Å². The molecule has 1 aliphatic heterocycles. The number of urea groups is 1. The van der Waals surface area contributed by atoms with E-state index in [4.69, 9.17) is 0 Å². The lowest BCUT2D eigenvalue weighted by atomic mass is 10.1. The van der Waals surface area contributed by atoms with E-state index in [0.29, 0.717) is 29.8 Å². The summed E-state index contributed by atoms with van der Waals surface area (Å²) in [5.41, 5.74) is -2.66. The quantitative estimate of drug-likeness (QED) is 0.384. The van der Waals surface area contributed by atoms with Crippen LogP contribution in [0, 0.1) is 0 Å². The number of nitrogens with one attached hydrogen (secondary N) is 3. The Morgan fingerprint density at radius 1 is 0.889 bits per heavy atom. The first-order chi connectivity index (χ1) is 16.8. The molecule has 3 amide bonds. The molecule has 6 nitrogen and oxygen atoms in total. The normalized spacial score (nSPS) is 14.9. The number of hydrogen-bond donors (Lipinski definition) is 3. The summed E-state index contributed by atoms with van der Waals surface area (Å²) in [6.45, 7) is 5.27. The van der Waals surface area contributed by atoms with Gasteiger partial charge in [-0.15, -0.1) is 0 Å². The second-order valence-corrected chi connectivity index (χ2v) is 8.58. The monoisotopic (exact) mass is 516 g/mol. The minimum Gasteiger partial charge on any atom is -0.371 e. The van der Waals surface area contributed by atoms with E-state index < -0.39 is 35.2 Å². The van der Waals surface area contributed by atoms with Gasteiger partial charge >= 0.3 is 18.4 Å². The zero-order chi connectivity index (χ0) is 26.7. The van der Waals surface area contributed by atoms with Crippen molar-refractivity contribution in [3.05, 3.63) is 53.1 Å². The van der Waals surface area contributed by atoms with Crippen LogP contribution >= 0.6 is 0 Å². The molecule has 1 heterocycles. The van der Waals surface area contributed by atoms with Gasteiger partial charge in [-0.2, -0.15) is 26.3 Å². The molecule has 0 bridgehead atoms. The summed E-state index contributed by atoms with van der Waals surface area (Å²) in [6, 6.07) is 4.23. The van der Waals surface area contributed by atoms with E-state index >= 15 is 0 Å². The second kappa shape index (κ2) is 10.7. The molecule has 0 saturated carbocycles. The number of anilines is 3. The highest BCUT2D eigenvalue weighted by molar-refractivity contribution is 6.04. The lowest BCUT2D eigenvalue weighted by Crippen LogP contribution is -2.33. The van der Waals surface area contributed by atoms with Crippen LogP contribution in [0.4, 0.5) is 48.2 Å². The van der Waals surface area contributed by atoms with Gasteiger partial charge < -0.3 is 20.9 Å². The highest BCUT2D eigenvalue weighted by Gasteiger charge is 2.37. The van der Waals surface area contributed by atoms with Crippen LogP contribution in [-0.4, -0.2) is 31.1 Å². The summed E-state index contributed by atoms with van der Waals surface area (Å²) in [7, 11) is 0. The van der Waals surface area contributed by atoms with Gasteiger partial charge in [0.2, 0.25) is 0 Å². The number of carbonyl (C=O) groups is 2. The number of nitrogens with zero attached hydrogens (tertiary/aromatic N) is 1. The fourth-order valence-electron chi connectivity index (χ4n) is 3.75. The van der Waals surface area contributed by atoms with Crippen LogP contribution < -0.4 is 20.9 Å². The molecule has 3 rings (SSSR count). The number of hydrogen-bond acceptors (Lipinski definition) is 3. The first-order valence-corrected chi connectivity index (χ1v) is 11.3. The number of amides is 3. The van der Waals surface area contributed by atoms with Crippen molar-refractivity contribution in [2.75, 3.05) is 28.6 Å². The smallest absolute Gasteiger partial charge is 0.371 e. The zero-order valence-corrected chi connectivity index (χ0v) is 19.6. The van der Waals surface area contributed by atoms with Gasteiger partial charge in [0.15, 0.2) is 0 Å². The average Bonchev–Trinajstić information content (AvgIpc) is 3.32. The van der Waals surface area contributed by atoms with Gasteiger partial charge in [-0.1, -0.05) is 6.92 Å². The van der Waals surface area contributed by atoms with Crippen molar-refractivity contribution in [2.24, 2.45) is 0 Å². The summed E-state index contributed by atoms with van der Waals surface area (Å²) in [5.74, 6) is -0.358. The highest BCUT2D eigenvalue weighted by atomic mass is 19.4. The molecule has 1 unspecified atom stereocenters. The third kappa shape index (κ3) is 6.82. The number of benzene rings is 2. The van der Waals surface area contributed by atoms with Crippen molar-refractivity contribution >= 4 is 29.0 Å². The van der Waals surface area contributed by atoms with E-state index in [9.17, 15) is 35.9 Å². The Kier molecular flexibility index (Phi) is 8.05. The summed E-state index contributed by atoms with van der Waals surface area (Å²) >= 11 is 0. The van der Waals surface area contributed by atoms with Gasteiger partial charge in [0.1, 0.15) is 0 Å². The standard InChI is InChI=1S/C24H26F6N4O2/c1-3-14(2)31-21(35)19-13-17(6-7-20(19)34-8-4-5-9-34)32-22(36)33-18-11-15(23(25,26)27)10-16(12-18)24(28,29)30/h6-7,10-14H,3-5,8-9H2,1-2H3,(H,31,35)(H2,32,33,36). The van der Waals surface area contributed by atoms with Crippen molar-refractivity contribution in [1.82, 2.24) is 5.32 Å². The molecule has 2 aromatic carbocycles. The number of halogens is 6. The van der Waals surface area contributed by atoms with Crippen LogP contribution in [0.1, 0.15) is 54.6 Å². The van der Waals surface area contributed by atoms with Crippen LogP contribution in [0.2, 0.25) is 0 Å². The average molecular weight is 516 g/mol. The van der Waals surface area contributed by atoms with Gasteiger partial charge in [0, 0.05) is 36.2 Å². The Morgan fingerprint density at radius 2 is 1.44 bits per heavy atom. The molecule has 2 aromatic rings. The maximum Gasteiger partial charge on any atom is 0.416 e. The zero-order valence-electron chi connectivity index (χ0n) is 19.6. The van der Waals surface area contributed by atoms with Gasteiger partial charge in [0.05, 0.1) is 16.7 Å². The van der Waals surface area contributed by atoms with E-state index in [1.54, 1.807) is 6.07 Å². The van der Waals surface area contributed by atoms with Gasteiger partial charge in [-0.05, 0) is 62.6 Å². The first-order valence-electron chi connectivity index (χ1n) is 11.3. The molecule has 0 aromatic heterocycles. The minimum atomic E-state index is -5.04. The lowest BCUT2D eigenvalue weighted by molar-refractivity contribution is -0.143. The highest BCUT2D eigenvalue weighted by Crippen LogP contribution is 2.37. The lowest BCUT2D eigenvalue weighted by Gasteiger charge is -2.23. The largest absolute Gasteiger partial charge is 0.416 e. The molecule has 0 spiro atoms. The number of alkyl halides is 6. The summed E-state index contributed by atoms with van der Waals surface area (Å²) < 4.78 is 78.5. The molecular formula is C24H26F6N4O2. The van der Waals surface area contributed by atoms with Gasteiger partial charge in [0.25, 0.3) is 5.91 Å².